The molecule has 2 heterocycles. The third kappa shape index (κ3) is 3.79. The van der Waals surface area contributed by atoms with E-state index in [2.05, 4.69) is 33.8 Å². The first-order chi connectivity index (χ1) is 15.2. The van der Waals surface area contributed by atoms with Crippen LogP contribution in [0.1, 0.15) is 16.7 Å². The molecule has 0 saturated carbocycles. The molecule has 0 fully saturated rings. The van der Waals surface area contributed by atoms with Crippen LogP contribution in [0.25, 0.3) is 22.0 Å². The van der Waals surface area contributed by atoms with E-state index in [4.69, 9.17) is 9.72 Å². The Morgan fingerprint density at radius 1 is 1.06 bits per heavy atom. The molecule has 1 aliphatic heterocycles. The zero-order valence-corrected chi connectivity index (χ0v) is 17.1. The summed E-state index contributed by atoms with van der Waals surface area (Å²) in [5.74, 6) is 1.30. The van der Waals surface area contributed by atoms with Gasteiger partial charge in [0.05, 0.1) is 29.9 Å². The largest absolute Gasteiger partial charge is 0.495 e. The van der Waals surface area contributed by atoms with Gasteiger partial charge in [0.2, 0.25) is 5.95 Å². The van der Waals surface area contributed by atoms with E-state index >= 15 is 0 Å². The first-order valence-electron chi connectivity index (χ1n) is 10.2. The van der Waals surface area contributed by atoms with Crippen molar-refractivity contribution in [2.75, 3.05) is 19.0 Å². The van der Waals surface area contributed by atoms with Crippen LogP contribution in [0.2, 0.25) is 0 Å². The normalized spacial score (nSPS) is 12.8. The minimum absolute atomic E-state index is 0.512. The molecule has 0 bridgehead atoms. The molecule has 1 aliphatic rings. The molecule has 6 nitrogen and oxygen atoms in total. The van der Waals surface area contributed by atoms with Crippen molar-refractivity contribution in [2.45, 2.75) is 13.0 Å². The number of rotatable bonds is 4. The van der Waals surface area contributed by atoms with Gasteiger partial charge in [-0.05, 0) is 65.6 Å². The predicted octanol–water partition coefficient (Wildman–Crippen LogP) is 4.57. The summed E-state index contributed by atoms with van der Waals surface area (Å²) in [7, 11) is 1.68. The number of nitrogens with zero attached hydrogens (tertiary/aromatic N) is 3. The topological polar surface area (TPSA) is 82.9 Å². The quantitative estimate of drug-likeness (QED) is 0.516. The van der Waals surface area contributed by atoms with Crippen molar-refractivity contribution in [3.05, 3.63) is 77.5 Å². The third-order valence-electron chi connectivity index (χ3n) is 5.56. The van der Waals surface area contributed by atoms with E-state index < -0.39 is 0 Å². The Kier molecular flexibility index (Phi) is 4.95. The van der Waals surface area contributed by atoms with E-state index in [9.17, 15) is 5.26 Å². The summed E-state index contributed by atoms with van der Waals surface area (Å²) < 4.78 is 5.61. The number of anilines is 2. The summed E-state index contributed by atoms with van der Waals surface area (Å²) in [5.41, 5.74) is 6.87. The van der Waals surface area contributed by atoms with E-state index in [0.29, 0.717) is 11.5 Å². The summed E-state index contributed by atoms with van der Waals surface area (Å²) in [5, 5.41) is 16.9. The summed E-state index contributed by atoms with van der Waals surface area (Å²) in [4.78, 5) is 9.21. The van der Waals surface area contributed by atoms with Gasteiger partial charge in [-0.1, -0.05) is 24.3 Å². The molecule has 31 heavy (non-hydrogen) atoms. The Bertz CT molecular complexity index is 1330. The molecule has 3 aromatic carbocycles. The number of ether oxygens (including phenoxy) is 1. The van der Waals surface area contributed by atoms with Crippen molar-refractivity contribution in [3.63, 3.8) is 0 Å². The summed E-state index contributed by atoms with van der Waals surface area (Å²) in [6, 6.07) is 20.0. The van der Waals surface area contributed by atoms with Gasteiger partial charge in [0.25, 0.3) is 0 Å². The Labute approximate surface area is 180 Å². The van der Waals surface area contributed by atoms with Crippen molar-refractivity contribution in [3.8, 4) is 22.9 Å². The smallest absolute Gasteiger partial charge is 0.227 e. The molecule has 0 unspecified atom stereocenters. The van der Waals surface area contributed by atoms with E-state index in [1.54, 1.807) is 13.2 Å². The van der Waals surface area contributed by atoms with Crippen molar-refractivity contribution >= 4 is 22.5 Å². The predicted molar refractivity (Wildman–Crippen MR) is 121 cm³/mol. The molecule has 1 aromatic heterocycles. The van der Waals surface area contributed by atoms with Crippen LogP contribution in [0.15, 0.2) is 60.8 Å². The maximum atomic E-state index is 9.18. The molecule has 152 valence electrons. The number of fused-ring (bicyclic) bond motifs is 2. The van der Waals surface area contributed by atoms with Crippen molar-refractivity contribution < 1.29 is 4.74 Å². The fourth-order valence-corrected chi connectivity index (χ4v) is 3.93. The fraction of sp³-hybridized carbons (Fsp3) is 0.160. The second-order valence-electron chi connectivity index (χ2n) is 7.53. The van der Waals surface area contributed by atoms with Crippen LogP contribution in [-0.4, -0.2) is 23.6 Å². The van der Waals surface area contributed by atoms with E-state index in [1.165, 1.54) is 11.1 Å². The van der Waals surface area contributed by atoms with Crippen LogP contribution in [0, 0.1) is 11.3 Å². The fourth-order valence-electron chi connectivity index (χ4n) is 3.93. The Morgan fingerprint density at radius 3 is 2.84 bits per heavy atom. The average molecular weight is 407 g/mol. The molecule has 5 rings (SSSR count). The lowest BCUT2D eigenvalue weighted by molar-refractivity contribution is 0.415. The lowest BCUT2D eigenvalue weighted by atomic mass is 10.00. The Balaban J connectivity index is 1.50. The van der Waals surface area contributed by atoms with Crippen LogP contribution in [0.3, 0.4) is 0 Å². The van der Waals surface area contributed by atoms with Crippen molar-refractivity contribution in [1.29, 1.82) is 5.26 Å². The highest BCUT2D eigenvalue weighted by Crippen LogP contribution is 2.32. The molecule has 2 N–H and O–H groups in total. The van der Waals surface area contributed by atoms with Crippen molar-refractivity contribution in [2.24, 2.45) is 0 Å². The number of nitriles is 1. The van der Waals surface area contributed by atoms with Gasteiger partial charge < -0.3 is 15.4 Å². The molecule has 0 radical (unpaired) electrons. The molecule has 0 aliphatic carbocycles. The molecule has 0 spiro atoms. The highest BCUT2D eigenvalue weighted by Gasteiger charge is 2.15. The molecular formula is C25H21N5O. The third-order valence-corrected chi connectivity index (χ3v) is 5.56. The molecular weight excluding hydrogens is 386 g/mol. The molecule has 6 heteroatoms. The monoisotopic (exact) mass is 407 g/mol. The number of nitrogens with one attached hydrogen (secondary N) is 2. The second-order valence-corrected chi connectivity index (χ2v) is 7.53. The zero-order chi connectivity index (χ0) is 21.2. The minimum atomic E-state index is 0.512. The van der Waals surface area contributed by atoms with Crippen molar-refractivity contribution in [1.82, 2.24) is 15.3 Å². The highest BCUT2D eigenvalue weighted by molar-refractivity contribution is 5.85. The van der Waals surface area contributed by atoms with Gasteiger partial charge in [0.15, 0.2) is 0 Å². The zero-order valence-electron chi connectivity index (χ0n) is 17.1. The average Bonchev–Trinajstić information content (AvgIpc) is 2.83. The summed E-state index contributed by atoms with van der Waals surface area (Å²) >= 11 is 0. The standard InChI is InChI=1S/C25H21N5O/c1-31-24-12-19-7-8-27-14-21(19)11-23(24)30-25-28-15-20-6-5-18(10-22(20)29-25)17-4-2-3-16(9-17)13-26/h2-6,9-12,15,27H,7-8,14H2,1H3,(H,28,29,30). The number of hydrogen-bond donors (Lipinski definition) is 2. The number of methoxy groups -OCH3 is 1. The molecule has 0 atom stereocenters. The van der Waals surface area contributed by atoms with Gasteiger partial charge in [0, 0.05) is 18.1 Å². The van der Waals surface area contributed by atoms with Gasteiger partial charge in [-0.25, -0.2) is 9.97 Å². The first-order valence-corrected chi connectivity index (χ1v) is 10.2. The first kappa shape index (κ1) is 19.0. The van der Waals surface area contributed by atoms with Gasteiger partial charge in [-0.15, -0.1) is 0 Å². The Morgan fingerprint density at radius 2 is 1.97 bits per heavy atom. The molecule has 4 aromatic rings. The number of aromatic nitrogens is 2. The van der Waals surface area contributed by atoms with E-state index in [1.807, 2.05) is 42.6 Å². The van der Waals surface area contributed by atoms with Crippen LogP contribution >= 0.6 is 0 Å². The highest BCUT2D eigenvalue weighted by atomic mass is 16.5. The minimum Gasteiger partial charge on any atom is -0.495 e. The SMILES string of the molecule is COc1cc2c(cc1Nc1ncc3ccc(-c4cccc(C#N)c4)cc3n1)CNCC2. The lowest BCUT2D eigenvalue weighted by Crippen LogP contribution is -2.23. The Hall–Kier alpha value is -3.95. The maximum Gasteiger partial charge on any atom is 0.227 e. The molecule has 0 saturated heterocycles. The number of benzene rings is 3. The lowest BCUT2D eigenvalue weighted by Gasteiger charge is -2.20. The summed E-state index contributed by atoms with van der Waals surface area (Å²) in [6.07, 6.45) is 2.81. The van der Waals surface area contributed by atoms with Crippen LogP contribution < -0.4 is 15.4 Å². The summed E-state index contributed by atoms with van der Waals surface area (Å²) in [6.45, 7) is 1.83. The second kappa shape index (κ2) is 8.05. The van der Waals surface area contributed by atoms with Gasteiger partial charge in [-0.3, -0.25) is 0 Å². The van der Waals surface area contributed by atoms with Crippen LogP contribution in [0.5, 0.6) is 5.75 Å². The van der Waals surface area contributed by atoms with Crippen LogP contribution in [-0.2, 0) is 13.0 Å². The van der Waals surface area contributed by atoms with E-state index in [-0.39, 0.29) is 0 Å². The van der Waals surface area contributed by atoms with E-state index in [0.717, 1.165) is 53.0 Å². The molecule has 0 amide bonds. The maximum absolute atomic E-state index is 9.18. The number of hydrogen-bond acceptors (Lipinski definition) is 6. The van der Waals surface area contributed by atoms with Gasteiger partial charge in [0.1, 0.15) is 5.75 Å². The van der Waals surface area contributed by atoms with Gasteiger partial charge in [-0.2, -0.15) is 5.26 Å². The van der Waals surface area contributed by atoms with Gasteiger partial charge >= 0.3 is 0 Å². The van der Waals surface area contributed by atoms with Crippen LogP contribution in [0.4, 0.5) is 11.6 Å².